The summed E-state index contributed by atoms with van der Waals surface area (Å²) < 4.78 is 5.56. The Bertz CT molecular complexity index is 502. The van der Waals surface area contributed by atoms with E-state index in [0.717, 1.165) is 29.4 Å². The van der Waals surface area contributed by atoms with Crippen molar-refractivity contribution in [2.75, 3.05) is 11.9 Å². The highest BCUT2D eigenvalue weighted by Crippen LogP contribution is 2.17. The van der Waals surface area contributed by atoms with Crippen LogP contribution in [0.3, 0.4) is 0 Å². The van der Waals surface area contributed by atoms with Crippen LogP contribution in [0.1, 0.15) is 30.2 Å². The molecule has 0 saturated heterocycles. The van der Waals surface area contributed by atoms with Crippen LogP contribution in [0.4, 0.5) is 5.69 Å². The van der Waals surface area contributed by atoms with Gasteiger partial charge in [0, 0.05) is 13.1 Å². The molecule has 18 heavy (non-hydrogen) atoms. The zero-order chi connectivity index (χ0) is 13.1. The van der Waals surface area contributed by atoms with E-state index in [1.54, 1.807) is 0 Å². The molecule has 0 aliphatic heterocycles. The Labute approximate surface area is 107 Å². The van der Waals surface area contributed by atoms with Crippen molar-refractivity contribution in [1.29, 1.82) is 0 Å². The number of nitrogens with two attached hydrogens (primary N) is 1. The zero-order valence-electron chi connectivity index (χ0n) is 11.1. The van der Waals surface area contributed by atoms with Crippen molar-refractivity contribution in [2.24, 2.45) is 5.73 Å². The van der Waals surface area contributed by atoms with Gasteiger partial charge in [-0.2, -0.15) is 0 Å². The average molecular weight is 245 g/mol. The molecule has 1 atom stereocenters. The lowest BCUT2D eigenvalue weighted by atomic mass is 10.2. The summed E-state index contributed by atoms with van der Waals surface area (Å²) in [5.74, 6) is 1.88. The molecule has 2 N–H and O–H groups in total. The second kappa shape index (κ2) is 5.23. The minimum atomic E-state index is -0.0305. The molecule has 0 amide bonds. The van der Waals surface area contributed by atoms with Crippen LogP contribution in [0.15, 0.2) is 34.9 Å². The third kappa shape index (κ3) is 2.90. The predicted octanol–water partition coefficient (Wildman–Crippen LogP) is 2.64. The highest BCUT2D eigenvalue weighted by molar-refractivity contribution is 5.44. The number of pyridine rings is 1. The summed E-state index contributed by atoms with van der Waals surface area (Å²) in [6.07, 6.45) is 1.84. The molecule has 0 aliphatic rings. The predicted molar refractivity (Wildman–Crippen MR) is 72.4 cm³/mol. The minimum Gasteiger partial charge on any atom is -0.464 e. The van der Waals surface area contributed by atoms with E-state index in [2.05, 4.69) is 9.88 Å². The van der Waals surface area contributed by atoms with Crippen molar-refractivity contribution in [3.63, 3.8) is 0 Å². The molecule has 0 bridgehead atoms. The molecule has 2 aromatic rings. The number of hydrogen-bond donors (Lipinski definition) is 1. The highest BCUT2D eigenvalue weighted by atomic mass is 16.3. The number of aromatic nitrogens is 1. The lowest BCUT2D eigenvalue weighted by Crippen LogP contribution is -2.16. The van der Waals surface area contributed by atoms with E-state index >= 15 is 0 Å². The average Bonchev–Trinajstić information content (AvgIpc) is 2.75. The van der Waals surface area contributed by atoms with Gasteiger partial charge in [-0.3, -0.25) is 4.98 Å². The maximum Gasteiger partial charge on any atom is 0.123 e. The van der Waals surface area contributed by atoms with E-state index < -0.39 is 0 Å². The Hall–Kier alpha value is -1.81. The van der Waals surface area contributed by atoms with Crippen LogP contribution in [0, 0.1) is 6.92 Å². The van der Waals surface area contributed by atoms with E-state index in [-0.39, 0.29) is 6.04 Å². The van der Waals surface area contributed by atoms with Gasteiger partial charge in [0.15, 0.2) is 0 Å². The number of nitrogens with zero attached hydrogens (tertiary/aromatic N) is 2. The van der Waals surface area contributed by atoms with E-state index in [4.69, 9.17) is 10.2 Å². The quantitative estimate of drug-likeness (QED) is 0.899. The topological polar surface area (TPSA) is 55.3 Å². The van der Waals surface area contributed by atoms with Crippen LogP contribution in [0.2, 0.25) is 0 Å². The van der Waals surface area contributed by atoms with Crippen LogP contribution in [0.25, 0.3) is 0 Å². The van der Waals surface area contributed by atoms with Crippen molar-refractivity contribution in [3.05, 3.63) is 47.7 Å². The van der Waals surface area contributed by atoms with Gasteiger partial charge < -0.3 is 15.1 Å². The van der Waals surface area contributed by atoms with Crippen LogP contribution in [-0.4, -0.2) is 12.0 Å². The summed E-state index contributed by atoms with van der Waals surface area (Å²) in [5, 5.41) is 0. The van der Waals surface area contributed by atoms with Crippen molar-refractivity contribution < 1.29 is 4.42 Å². The number of furan rings is 1. The fraction of sp³-hybridized carbons (Fsp3) is 0.357. The fourth-order valence-corrected chi connectivity index (χ4v) is 1.79. The highest BCUT2D eigenvalue weighted by Gasteiger charge is 2.07. The van der Waals surface area contributed by atoms with E-state index in [1.165, 1.54) is 0 Å². The third-order valence-corrected chi connectivity index (χ3v) is 2.87. The van der Waals surface area contributed by atoms with Crippen molar-refractivity contribution in [3.8, 4) is 0 Å². The molecule has 2 rings (SSSR count). The molecular formula is C14H19N3O. The van der Waals surface area contributed by atoms with E-state index in [1.807, 2.05) is 51.4 Å². The summed E-state index contributed by atoms with van der Waals surface area (Å²) in [6, 6.07) is 7.93. The minimum absolute atomic E-state index is 0.0305. The van der Waals surface area contributed by atoms with Gasteiger partial charge in [-0.15, -0.1) is 0 Å². The molecule has 0 unspecified atom stereocenters. The lowest BCUT2D eigenvalue weighted by molar-refractivity contribution is 0.481. The van der Waals surface area contributed by atoms with Crippen molar-refractivity contribution in [2.45, 2.75) is 26.4 Å². The molecule has 0 aliphatic carbocycles. The molecule has 0 fully saturated rings. The first-order chi connectivity index (χ1) is 8.56. The Morgan fingerprint density at radius 3 is 2.61 bits per heavy atom. The maximum absolute atomic E-state index is 5.78. The third-order valence-electron chi connectivity index (χ3n) is 2.87. The molecule has 96 valence electrons. The smallest absolute Gasteiger partial charge is 0.123 e. The van der Waals surface area contributed by atoms with E-state index in [9.17, 15) is 0 Å². The normalized spacial score (nSPS) is 12.4. The molecule has 0 saturated carbocycles. The van der Waals surface area contributed by atoms with Gasteiger partial charge in [-0.1, -0.05) is 0 Å². The van der Waals surface area contributed by atoms with Crippen LogP contribution in [-0.2, 0) is 6.54 Å². The van der Waals surface area contributed by atoms with Gasteiger partial charge in [0.25, 0.3) is 0 Å². The summed E-state index contributed by atoms with van der Waals surface area (Å²) in [5.41, 5.74) is 7.73. The lowest BCUT2D eigenvalue weighted by Gasteiger charge is -2.18. The molecule has 2 heterocycles. The van der Waals surface area contributed by atoms with Gasteiger partial charge in [0.2, 0.25) is 0 Å². The van der Waals surface area contributed by atoms with Crippen LogP contribution < -0.4 is 10.6 Å². The summed E-state index contributed by atoms with van der Waals surface area (Å²) in [7, 11) is 2.01. The first-order valence-electron chi connectivity index (χ1n) is 6.04. The van der Waals surface area contributed by atoms with E-state index in [0.29, 0.717) is 0 Å². The fourth-order valence-electron chi connectivity index (χ4n) is 1.79. The van der Waals surface area contributed by atoms with Gasteiger partial charge in [-0.05, 0) is 38.1 Å². The maximum atomic E-state index is 5.78. The van der Waals surface area contributed by atoms with Gasteiger partial charge in [-0.25, -0.2) is 0 Å². The number of rotatable bonds is 4. The Morgan fingerprint density at radius 1 is 1.33 bits per heavy atom. The second-order valence-electron chi connectivity index (χ2n) is 4.60. The van der Waals surface area contributed by atoms with Crippen LogP contribution >= 0.6 is 0 Å². The molecule has 4 heteroatoms. The largest absolute Gasteiger partial charge is 0.464 e. The Morgan fingerprint density at radius 2 is 2.11 bits per heavy atom. The monoisotopic (exact) mass is 245 g/mol. The Balaban J connectivity index is 2.06. The summed E-state index contributed by atoms with van der Waals surface area (Å²) in [6.45, 7) is 4.60. The molecule has 2 aromatic heterocycles. The van der Waals surface area contributed by atoms with Gasteiger partial charge in [0.05, 0.1) is 24.1 Å². The van der Waals surface area contributed by atoms with Gasteiger partial charge in [0.1, 0.15) is 11.5 Å². The molecule has 0 spiro atoms. The van der Waals surface area contributed by atoms with Crippen molar-refractivity contribution >= 4 is 5.69 Å². The van der Waals surface area contributed by atoms with Crippen molar-refractivity contribution in [1.82, 2.24) is 4.98 Å². The zero-order valence-corrected chi connectivity index (χ0v) is 11.1. The molecule has 0 radical (unpaired) electrons. The molecular weight excluding hydrogens is 226 g/mol. The molecule has 0 aromatic carbocycles. The summed E-state index contributed by atoms with van der Waals surface area (Å²) >= 11 is 0. The van der Waals surface area contributed by atoms with Crippen LogP contribution in [0.5, 0.6) is 0 Å². The molecule has 4 nitrogen and oxygen atoms in total. The standard InChI is InChI=1S/C14H19N3O/c1-10-4-6-13(18-10)9-17(3)12-5-7-14(11(2)15)16-8-12/h4-8,11H,9,15H2,1-3H3/t11-/m1/s1. The number of anilines is 1. The number of hydrogen-bond acceptors (Lipinski definition) is 4. The number of aryl methyl sites for hydroxylation is 1. The summed E-state index contributed by atoms with van der Waals surface area (Å²) in [4.78, 5) is 6.44. The Kier molecular flexibility index (Phi) is 3.67. The second-order valence-corrected chi connectivity index (χ2v) is 4.60. The SMILES string of the molecule is Cc1ccc(CN(C)c2ccc([C@@H](C)N)nc2)o1. The first kappa shape index (κ1) is 12.6. The van der Waals surface area contributed by atoms with Gasteiger partial charge >= 0.3 is 0 Å². The first-order valence-corrected chi connectivity index (χ1v) is 6.04.